The highest BCUT2D eigenvalue weighted by Gasteiger charge is 2.12. The minimum Gasteiger partial charge on any atom is -0.465 e. The molecule has 0 bridgehead atoms. The quantitative estimate of drug-likeness (QED) is 0.668. The van der Waals surface area contributed by atoms with E-state index in [1.54, 1.807) is 5.38 Å². The van der Waals surface area contributed by atoms with Crippen molar-refractivity contribution in [1.29, 1.82) is 0 Å². The van der Waals surface area contributed by atoms with Crippen LogP contribution in [0.15, 0.2) is 23.7 Å². The van der Waals surface area contributed by atoms with Crippen molar-refractivity contribution < 1.29 is 19.1 Å². The first-order chi connectivity index (χ1) is 11.1. The molecule has 7 nitrogen and oxygen atoms in total. The van der Waals surface area contributed by atoms with Gasteiger partial charge >= 0.3 is 6.09 Å². The van der Waals surface area contributed by atoms with Gasteiger partial charge in [0.15, 0.2) is 0 Å². The lowest BCUT2D eigenvalue weighted by Crippen LogP contribution is -2.24. The number of rotatable bonds is 7. The van der Waals surface area contributed by atoms with Gasteiger partial charge in [-0.15, -0.1) is 11.3 Å². The predicted molar refractivity (Wildman–Crippen MR) is 81.8 cm³/mol. The van der Waals surface area contributed by atoms with Crippen LogP contribution in [0.5, 0.6) is 0 Å². The molecule has 0 radical (unpaired) electrons. The molecule has 0 atom stereocenters. The molecule has 2 aromatic heterocycles. The van der Waals surface area contributed by atoms with Crippen molar-refractivity contribution in [3.63, 3.8) is 0 Å². The summed E-state index contributed by atoms with van der Waals surface area (Å²) in [6.45, 7) is 0.316. The summed E-state index contributed by atoms with van der Waals surface area (Å²) in [7, 11) is 0. The lowest BCUT2D eigenvalue weighted by atomic mass is 10.3. The summed E-state index contributed by atoms with van der Waals surface area (Å²) < 4.78 is 13.4. The second-order valence-electron chi connectivity index (χ2n) is 4.58. The molecule has 0 aliphatic rings. The van der Waals surface area contributed by atoms with E-state index in [4.69, 9.17) is 5.11 Å². The van der Waals surface area contributed by atoms with Crippen LogP contribution in [0.4, 0.5) is 9.18 Å². The van der Waals surface area contributed by atoms with Crippen LogP contribution < -0.4 is 10.6 Å². The summed E-state index contributed by atoms with van der Waals surface area (Å²) in [5.74, 6) is -0.876. The number of carboxylic acid groups (broad SMARTS) is 1. The summed E-state index contributed by atoms with van der Waals surface area (Å²) >= 11 is 1.32. The maximum atomic E-state index is 13.4. The number of hydrogen-bond acceptors (Lipinski definition) is 5. The molecule has 2 heterocycles. The van der Waals surface area contributed by atoms with Crippen LogP contribution in [-0.2, 0) is 13.0 Å². The second kappa shape index (κ2) is 8.18. The lowest BCUT2D eigenvalue weighted by Gasteiger charge is -2.03. The van der Waals surface area contributed by atoms with Gasteiger partial charge in [-0.25, -0.2) is 14.2 Å². The van der Waals surface area contributed by atoms with Crippen LogP contribution in [0.2, 0.25) is 0 Å². The van der Waals surface area contributed by atoms with Crippen molar-refractivity contribution in [3.05, 3.63) is 45.9 Å². The van der Waals surface area contributed by atoms with Crippen LogP contribution in [0.1, 0.15) is 27.6 Å². The predicted octanol–water partition coefficient (Wildman–Crippen LogP) is 1.81. The van der Waals surface area contributed by atoms with Crippen molar-refractivity contribution in [3.8, 4) is 0 Å². The molecule has 0 unspecified atom stereocenters. The van der Waals surface area contributed by atoms with Crippen LogP contribution in [0.3, 0.4) is 0 Å². The molecule has 2 aromatic rings. The van der Waals surface area contributed by atoms with Crippen molar-refractivity contribution in [2.75, 3.05) is 6.54 Å². The third-order valence-electron chi connectivity index (χ3n) is 2.88. The number of thiazole rings is 1. The highest BCUT2D eigenvalue weighted by molar-refractivity contribution is 7.09. The van der Waals surface area contributed by atoms with Crippen LogP contribution in [0.25, 0.3) is 0 Å². The number of carbonyl (C=O) groups is 2. The van der Waals surface area contributed by atoms with Gasteiger partial charge in [-0.05, 0) is 18.6 Å². The van der Waals surface area contributed by atoms with E-state index in [1.807, 2.05) is 0 Å². The number of pyridine rings is 1. The summed E-state index contributed by atoms with van der Waals surface area (Å²) in [5.41, 5.74) is 0.420. The minimum absolute atomic E-state index is 0.0130. The zero-order valence-corrected chi connectivity index (χ0v) is 12.9. The summed E-state index contributed by atoms with van der Waals surface area (Å²) in [4.78, 5) is 30.3. The average Bonchev–Trinajstić information content (AvgIpc) is 2.99. The fourth-order valence-corrected chi connectivity index (χ4v) is 2.59. The van der Waals surface area contributed by atoms with E-state index in [9.17, 15) is 14.0 Å². The van der Waals surface area contributed by atoms with E-state index < -0.39 is 17.8 Å². The van der Waals surface area contributed by atoms with Crippen molar-refractivity contribution in [1.82, 2.24) is 20.6 Å². The number of halogens is 1. The highest BCUT2D eigenvalue weighted by atomic mass is 32.1. The Kier molecular flexibility index (Phi) is 5.98. The number of aryl methyl sites for hydroxylation is 1. The Hall–Kier alpha value is -2.55. The van der Waals surface area contributed by atoms with Crippen molar-refractivity contribution in [2.24, 2.45) is 0 Å². The molecular formula is C14H15FN4O3S. The fourth-order valence-electron chi connectivity index (χ4n) is 1.77. The van der Waals surface area contributed by atoms with Crippen LogP contribution >= 0.6 is 11.3 Å². The van der Waals surface area contributed by atoms with Gasteiger partial charge in [0, 0.05) is 24.5 Å². The van der Waals surface area contributed by atoms with E-state index in [-0.39, 0.29) is 17.9 Å². The Balaban J connectivity index is 1.81. The SMILES string of the molecule is O=C(O)NCCCc1nc(C(=O)NCc2ncccc2F)cs1. The van der Waals surface area contributed by atoms with E-state index in [2.05, 4.69) is 20.6 Å². The van der Waals surface area contributed by atoms with E-state index >= 15 is 0 Å². The van der Waals surface area contributed by atoms with Gasteiger partial charge in [0.2, 0.25) is 0 Å². The Labute approximate surface area is 135 Å². The monoisotopic (exact) mass is 338 g/mol. The molecule has 0 aromatic carbocycles. The van der Waals surface area contributed by atoms with Gasteiger partial charge in [-0.3, -0.25) is 9.78 Å². The Morgan fingerprint density at radius 1 is 1.35 bits per heavy atom. The summed E-state index contributed by atoms with van der Waals surface area (Å²) in [6.07, 6.45) is 1.56. The third-order valence-corrected chi connectivity index (χ3v) is 3.79. The van der Waals surface area contributed by atoms with Crippen molar-refractivity contribution in [2.45, 2.75) is 19.4 Å². The number of nitrogens with zero attached hydrogens (tertiary/aromatic N) is 2. The standard InChI is InChI=1S/C14H15FN4O3S/c15-9-3-1-5-16-10(9)7-18-13(20)11-8-23-12(19-11)4-2-6-17-14(21)22/h1,3,5,8,17H,2,4,6-7H2,(H,18,20)(H,21,22). The zero-order chi connectivity index (χ0) is 16.7. The molecule has 0 aliphatic carbocycles. The van der Waals surface area contributed by atoms with Crippen molar-refractivity contribution >= 4 is 23.3 Å². The molecule has 9 heteroatoms. The van der Waals surface area contributed by atoms with E-state index in [0.717, 1.165) is 5.01 Å². The second-order valence-corrected chi connectivity index (χ2v) is 5.52. The van der Waals surface area contributed by atoms with Crippen LogP contribution in [0, 0.1) is 5.82 Å². The van der Waals surface area contributed by atoms with Gasteiger partial charge in [0.25, 0.3) is 5.91 Å². The summed E-state index contributed by atoms with van der Waals surface area (Å²) in [6, 6.07) is 2.76. The zero-order valence-electron chi connectivity index (χ0n) is 12.1. The molecule has 2 rings (SSSR count). The normalized spacial score (nSPS) is 10.3. The molecule has 122 valence electrons. The van der Waals surface area contributed by atoms with Crippen LogP contribution in [-0.4, -0.2) is 33.6 Å². The molecule has 0 fully saturated rings. The number of hydrogen-bond donors (Lipinski definition) is 3. The van der Waals surface area contributed by atoms with E-state index in [1.165, 1.54) is 29.7 Å². The smallest absolute Gasteiger partial charge is 0.404 e. The van der Waals surface area contributed by atoms with Gasteiger partial charge in [0.05, 0.1) is 17.2 Å². The molecule has 0 spiro atoms. The largest absolute Gasteiger partial charge is 0.465 e. The van der Waals surface area contributed by atoms with Gasteiger partial charge in [-0.1, -0.05) is 0 Å². The molecular weight excluding hydrogens is 323 g/mol. The first-order valence-electron chi connectivity index (χ1n) is 6.85. The third kappa shape index (κ3) is 5.29. The van der Waals surface area contributed by atoms with Gasteiger partial charge in [0.1, 0.15) is 11.5 Å². The molecule has 23 heavy (non-hydrogen) atoms. The topological polar surface area (TPSA) is 104 Å². The number of amides is 2. The van der Waals surface area contributed by atoms with E-state index in [0.29, 0.717) is 19.4 Å². The number of nitrogens with one attached hydrogen (secondary N) is 2. The number of aromatic nitrogens is 2. The maximum absolute atomic E-state index is 13.4. The molecule has 3 N–H and O–H groups in total. The molecule has 0 saturated carbocycles. The average molecular weight is 338 g/mol. The first-order valence-corrected chi connectivity index (χ1v) is 7.73. The molecule has 0 saturated heterocycles. The minimum atomic E-state index is -1.06. The molecule has 0 aliphatic heterocycles. The van der Waals surface area contributed by atoms with Gasteiger partial charge < -0.3 is 15.7 Å². The molecule has 2 amide bonds. The Bertz CT molecular complexity index is 692. The number of carbonyl (C=O) groups excluding carboxylic acids is 1. The maximum Gasteiger partial charge on any atom is 0.404 e. The Morgan fingerprint density at radius 3 is 2.91 bits per heavy atom. The van der Waals surface area contributed by atoms with Gasteiger partial charge in [-0.2, -0.15) is 0 Å². The fraction of sp³-hybridized carbons (Fsp3) is 0.286. The highest BCUT2D eigenvalue weighted by Crippen LogP contribution is 2.12. The summed E-state index contributed by atoms with van der Waals surface area (Å²) in [5, 5.41) is 15.6. The first kappa shape index (κ1) is 16.8. The lowest BCUT2D eigenvalue weighted by molar-refractivity contribution is 0.0945. The Morgan fingerprint density at radius 2 is 2.17 bits per heavy atom.